The van der Waals surface area contributed by atoms with Gasteiger partial charge in [0.25, 0.3) is 5.91 Å². The lowest BCUT2D eigenvalue weighted by Crippen LogP contribution is -2.46. The molecule has 1 fully saturated rings. The molecule has 2 aromatic heterocycles. The van der Waals surface area contributed by atoms with E-state index in [1.165, 1.54) is 47.0 Å². The fraction of sp³-hybridized carbons (Fsp3) is 0.273. The number of nitrogens with one attached hydrogen (secondary N) is 1. The molecule has 7 nitrogen and oxygen atoms in total. The number of hydrogen-bond donors (Lipinski definition) is 2. The molecule has 1 aromatic carbocycles. The van der Waals surface area contributed by atoms with Crippen molar-refractivity contribution in [3.63, 3.8) is 0 Å². The summed E-state index contributed by atoms with van der Waals surface area (Å²) in [6.45, 7) is 0. The van der Waals surface area contributed by atoms with Gasteiger partial charge in [0.2, 0.25) is 5.91 Å². The zero-order valence-corrected chi connectivity index (χ0v) is 17.1. The number of nitrogens with zero attached hydrogens (tertiary/aromatic N) is 3. The summed E-state index contributed by atoms with van der Waals surface area (Å²) in [6.07, 6.45) is 8.40. The van der Waals surface area contributed by atoms with Crippen LogP contribution in [0.3, 0.4) is 0 Å². The normalized spacial score (nSPS) is 14.9. The molecule has 1 atom stereocenters. The molecule has 1 saturated carbocycles. The third-order valence-electron chi connectivity index (χ3n) is 5.15. The Balaban J connectivity index is 1.77. The Labute approximate surface area is 178 Å². The van der Waals surface area contributed by atoms with Crippen LogP contribution >= 0.6 is 11.3 Å². The summed E-state index contributed by atoms with van der Waals surface area (Å²) in [5.74, 6) is -0.586. The summed E-state index contributed by atoms with van der Waals surface area (Å²) < 4.78 is 0. The number of aromatic nitrogens is 2. The number of aromatic hydroxyl groups is 1. The molecule has 4 rings (SSSR count). The molecule has 2 amide bonds. The molecule has 0 unspecified atom stereocenters. The van der Waals surface area contributed by atoms with Crippen molar-refractivity contribution >= 4 is 28.8 Å². The van der Waals surface area contributed by atoms with E-state index < -0.39 is 11.9 Å². The molecule has 3 aromatic rings. The van der Waals surface area contributed by atoms with Crippen molar-refractivity contribution in [2.24, 2.45) is 0 Å². The van der Waals surface area contributed by atoms with Crippen LogP contribution in [0, 0.1) is 0 Å². The first-order valence-corrected chi connectivity index (χ1v) is 10.7. The van der Waals surface area contributed by atoms with Gasteiger partial charge < -0.3 is 10.4 Å². The van der Waals surface area contributed by atoms with E-state index in [9.17, 15) is 14.7 Å². The van der Waals surface area contributed by atoms with Crippen LogP contribution < -0.4 is 10.2 Å². The van der Waals surface area contributed by atoms with Gasteiger partial charge in [0, 0.05) is 29.0 Å². The largest absolute Gasteiger partial charge is 0.508 e. The second-order valence-electron chi connectivity index (χ2n) is 7.19. The zero-order chi connectivity index (χ0) is 20.9. The fourth-order valence-corrected chi connectivity index (χ4v) is 4.51. The number of hydrogen-bond acceptors (Lipinski definition) is 6. The number of phenolic OH excluding ortho intramolecular Hbond substituents is 1. The summed E-state index contributed by atoms with van der Waals surface area (Å²) in [5, 5.41) is 14.7. The molecule has 0 spiro atoms. The first-order chi connectivity index (χ1) is 14.6. The van der Waals surface area contributed by atoms with Crippen LogP contribution in [0.25, 0.3) is 0 Å². The number of rotatable bonds is 6. The molecule has 2 heterocycles. The highest BCUT2D eigenvalue weighted by molar-refractivity contribution is 7.10. The number of carbonyl (C=O) groups excluding carboxylic acids is 2. The van der Waals surface area contributed by atoms with Crippen LogP contribution in [0.5, 0.6) is 5.75 Å². The summed E-state index contributed by atoms with van der Waals surface area (Å²) in [7, 11) is 0. The van der Waals surface area contributed by atoms with E-state index in [2.05, 4.69) is 15.3 Å². The lowest BCUT2D eigenvalue weighted by atomic mass is 10.1. The van der Waals surface area contributed by atoms with Gasteiger partial charge in [-0.25, -0.2) is 4.98 Å². The lowest BCUT2D eigenvalue weighted by molar-refractivity contribution is -0.123. The van der Waals surface area contributed by atoms with E-state index in [-0.39, 0.29) is 23.4 Å². The highest BCUT2D eigenvalue weighted by Gasteiger charge is 2.36. The average Bonchev–Trinajstić information content (AvgIpc) is 3.47. The molecule has 30 heavy (non-hydrogen) atoms. The van der Waals surface area contributed by atoms with Gasteiger partial charge in [-0.3, -0.25) is 19.5 Å². The third-order valence-corrected chi connectivity index (χ3v) is 6.07. The van der Waals surface area contributed by atoms with E-state index >= 15 is 0 Å². The molecule has 0 saturated heterocycles. The van der Waals surface area contributed by atoms with Crippen LogP contribution in [0.15, 0.2) is 60.4 Å². The van der Waals surface area contributed by atoms with Crippen molar-refractivity contribution in [3.8, 4) is 5.75 Å². The molecule has 0 bridgehead atoms. The number of benzene rings is 1. The lowest BCUT2D eigenvalue weighted by Gasteiger charge is -2.31. The van der Waals surface area contributed by atoms with Crippen LogP contribution in [-0.4, -0.2) is 32.9 Å². The Bertz CT molecular complexity index is 987. The standard InChI is InChI=1S/C22H22N4O3S/c27-17-9-7-16(8-10-17)26(22(29)18-14-23-11-12-24-18)20(19-6-3-13-30-19)21(28)25-15-4-1-2-5-15/h3,6-15,20,27H,1-2,4-5H2,(H,25,28)/t20-/m1/s1. The minimum Gasteiger partial charge on any atom is -0.508 e. The maximum absolute atomic E-state index is 13.5. The maximum Gasteiger partial charge on any atom is 0.279 e. The molecule has 1 aliphatic carbocycles. The fourth-order valence-electron chi connectivity index (χ4n) is 3.70. The highest BCUT2D eigenvalue weighted by atomic mass is 32.1. The SMILES string of the molecule is O=C(NC1CCCC1)[C@@H](c1cccs1)N(C(=O)c1cnccn1)c1ccc(O)cc1. The Morgan fingerprint density at radius 3 is 2.53 bits per heavy atom. The molecule has 154 valence electrons. The quantitative estimate of drug-likeness (QED) is 0.632. The van der Waals surface area contributed by atoms with Crippen molar-refractivity contribution in [2.45, 2.75) is 37.8 Å². The van der Waals surface area contributed by atoms with Crippen LogP contribution in [0.4, 0.5) is 5.69 Å². The van der Waals surface area contributed by atoms with Gasteiger partial charge in [-0.2, -0.15) is 0 Å². The third kappa shape index (κ3) is 4.33. The summed E-state index contributed by atoms with van der Waals surface area (Å²) in [6, 6.07) is 9.19. The van der Waals surface area contributed by atoms with Gasteiger partial charge in [0.05, 0.1) is 6.20 Å². The van der Waals surface area contributed by atoms with E-state index in [1.54, 1.807) is 12.1 Å². The predicted octanol–water partition coefficient (Wildman–Crippen LogP) is 3.69. The Hall–Kier alpha value is -3.26. The van der Waals surface area contributed by atoms with Crippen LogP contribution in [-0.2, 0) is 4.79 Å². The molecule has 0 radical (unpaired) electrons. The van der Waals surface area contributed by atoms with Gasteiger partial charge in [-0.05, 0) is 48.6 Å². The van der Waals surface area contributed by atoms with Gasteiger partial charge in [-0.15, -0.1) is 11.3 Å². The van der Waals surface area contributed by atoms with E-state index in [0.717, 1.165) is 30.6 Å². The summed E-state index contributed by atoms with van der Waals surface area (Å²) in [5.41, 5.74) is 0.629. The second kappa shape index (κ2) is 9.04. The van der Waals surface area contributed by atoms with Crippen molar-refractivity contribution < 1.29 is 14.7 Å². The van der Waals surface area contributed by atoms with Gasteiger partial charge >= 0.3 is 0 Å². The van der Waals surface area contributed by atoms with Gasteiger partial charge in [0.1, 0.15) is 11.4 Å². The molecule has 0 aliphatic heterocycles. The Morgan fingerprint density at radius 1 is 1.13 bits per heavy atom. The van der Waals surface area contributed by atoms with Gasteiger partial charge in [-0.1, -0.05) is 18.9 Å². The molecular weight excluding hydrogens is 400 g/mol. The summed E-state index contributed by atoms with van der Waals surface area (Å²) >= 11 is 1.42. The molecular formula is C22H22N4O3S. The van der Waals surface area contributed by atoms with Crippen LogP contribution in [0.2, 0.25) is 0 Å². The highest BCUT2D eigenvalue weighted by Crippen LogP contribution is 2.33. The molecule has 2 N–H and O–H groups in total. The van der Waals surface area contributed by atoms with Crippen molar-refractivity contribution in [1.82, 2.24) is 15.3 Å². The average molecular weight is 423 g/mol. The molecule has 1 aliphatic rings. The van der Waals surface area contributed by atoms with Crippen molar-refractivity contribution in [1.29, 1.82) is 0 Å². The maximum atomic E-state index is 13.5. The number of amides is 2. The smallest absolute Gasteiger partial charge is 0.279 e. The van der Waals surface area contributed by atoms with Crippen molar-refractivity contribution in [2.75, 3.05) is 4.90 Å². The van der Waals surface area contributed by atoms with E-state index in [0.29, 0.717) is 5.69 Å². The second-order valence-corrected chi connectivity index (χ2v) is 8.17. The number of carbonyl (C=O) groups is 2. The first-order valence-electron chi connectivity index (χ1n) is 9.86. The molecule has 8 heteroatoms. The monoisotopic (exact) mass is 422 g/mol. The van der Waals surface area contributed by atoms with Gasteiger partial charge in [0.15, 0.2) is 6.04 Å². The Morgan fingerprint density at radius 2 is 1.90 bits per heavy atom. The topological polar surface area (TPSA) is 95.4 Å². The minimum atomic E-state index is -0.857. The first kappa shape index (κ1) is 20.0. The van der Waals surface area contributed by atoms with Crippen molar-refractivity contribution in [3.05, 3.63) is 70.9 Å². The predicted molar refractivity (Wildman–Crippen MR) is 114 cm³/mol. The number of phenols is 1. The van der Waals surface area contributed by atoms with Crippen LogP contribution in [0.1, 0.15) is 47.1 Å². The zero-order valence-electron chi connectivity index (χ0n) is 16.3. The number of thiophene rings is 1. The Kier molecular flexibility index (Phi) is 6.04. The minimum absolute atomic E-state index is 0.0775. The van der Waals surface area contributed by atoms with E-state index in [1.807, 2.05) is 17.5 Å². The summed E-state index contributed by atoms with van der Waals surface area (Å²) in [4.78, 5) is 37.2. The van der Waals surface area contributed by atoms with E-state index in [4.69, 9.17) is 0 Å². The number of anilines is 1.